The number of nitrogens with one attached hydrogen (secondary N) is 1. The molecule has 0 aliphatic heterocycles. The second-order valence-electron chi connectivity index (χ2n) is 4.12. The molecule has 0 saturated carbocycles. The number of amides is 1. The molecule has 2 heterocycles. The van der Waals surface area contributed by atoms with Crippen LogP contribution in [0.3, 0.4) is 0 Å². The highest BCUT2D eigenvalue weighted by molar-refractivity contribution is 9.11. The number of pyridine rings is 1. The largest absolute Gasteiger partial charge is 0.473 e. The zero-order chi connectivity index (χ0) is 13.8. The molecule has 19 heavy (non-hydrogen) atoms. The molecule has 2 aromatic rings. The molecule has 1 amide bonds. The number of hydrogen-bond donors (Lipinski definition) is 1. The Morgan fingerprint density at radius 3 is 2.95 bits per heavy atom. The van der Waals surface area contributed by atoms with Crippen molar-refractivity contribution < 1.29 is 9.53 Å². The third kappa shape index (κ3) is 3.78. The van der Waals surface area contributed by atoms with Gasteiger partial charge >= 0.3 is 0 Å². The molecule has 0 atom stereocenters. The molecule has 0 bridgehead atoms. The van der Waals surface area contributed by atoms with E-state index in [9.17, 15) is 4.79 Å². The first kappa shape index (κ1) is 14.0. The van der Waals surface area contributed by atoms with E-state index >= 15 is 0 Å². The Labute approximate surface area is 124 Å². The van der Waals surface area contributed by atoms with Gasteiger partial charge in [0.25, 0.3) is 5.91 Å². The fourth-order valence-electron chi connectivity index (χ4n) is 1.43. The van der Waals surface area contributed by atoms with Crippen molar-refractivity contribution in [2.75, 3.05) is 5.32 Å². The summed E-state index contributed by atoms with van der Waals surface area (Å²) in [6, 6.07) is 5.30. The maximum Gasteiger partial charge on any atom is 0.256 e. The molecule has 1 N–H and O–H groups in total. The van der Waals surface area contributed by atoms with Gasteiger partial charge in [-0.3, -0.25) is 4.79 Å². The minimum absolute atomic E-state index is 0.000781. The smallest absolute Gasteiger partial charge is 0.256 e. The first-order valence-electron chi connectivity index (χ1n) is 5.73. The van der Waals surface area contributed by atoms with Crippen LogP contribution in [0, 0.1) is 0 Å². The molecule has 2 rings (SSSR count). The number of rotatable bonds is 4. The van der Waals surface area contributed by atoms with Crippen molar-refractivity contribution in [3.05, 3.63) is 39.1 Å². The molecule has 0 aromatic carbocycles. The van der Waals surface area contributed by atoms with Crippen molar-refractivity contribution in [2.24, 2.45) is 0 Å². The molecule has 6 heteroatoms. The van der Waals surface area contributed by atoms with E-state index in [2.05, 4.69) is 26.2 Å². The summed E-state index contributed by atoms with van der Waals surface area (Å²) >= 11 is 4.80. The lowest BCUT2D eigenvalue weighted by Gasteiger charge is -2.13. The third-order valence-electron chi connectivity index (χ3n) is 2.20. The Balaban J connectivity index is 2.16. The Kier molecular flexibility index (Phi) is 4.55. The van der Waals surface area contributed by atoms with Crippen LogP contribution in [-0.2, 0) is 0 Å². The highest BCUT2D eigenvalue weighted by atomic mass is 79.9. The van der Waals surface area contributed by atoms with Gasteiger partial charge in [-0.25, -0.2) is 4.98 Å². The summed E-state index contributed by atoms with van der Waals surface area (Å²) in [5, 5.41) is 4.60. The lowest BCUT2D eigenvalue weighted by atomic mass is 10.3. The SMILES string of the molecule is CC(C)Oc1ncccc1NC(=O)c1csc(Br)c1. The number of thiophene rings is 1. The lowest BCUT2D eigenvalue weighted by Crippen LogP contribution is -2.14. The van der Waals surface area contributed by atoms with Gasteiger partial charge in [0.05, 0.1) is 15.5 Å². The van der Waals surface area contributed by atoms with Crippen LogP contribution in [0.1, 0.15) is 24.2 Å². The van der Waals surface area contributed by atoms with Crippen LogP contribution in [0.2, 0.25) is 0 Å². The van der Waals surface area contributed by atoms with Gasteiger partial charge in [0, 0.05) is 11.6 Å². The quantitative estimate of drug-likeness (QED) is 0.916. The Morgan fingerprint density at radius 1 is 1.53 bits per heavy atom. The number of aromatic nitrogens is 1. The molecule has 0 aliphatic rings. The van der Waals surface area contributed by atoms with Crippen molar-refractivity contribution in [2.45, 2.75) is 20.0 Å². The first-order chi connectivity index (χ1) is 9.06. The van der Waals surface area contributed by atoms with E-state index in [1.54, 1.807) is 29.8 Å². The van der Waals surface area contributed by atoms with Crippen molar-refractivity contribution in [1.29, 1.82) is 0 Å². The topological polar surface area (TPSA) is 51.2 Å². The average Bonchev–Trinajstić information content (AvgIpc) is 2.78. The van der Waals surface area contributed by atoms with E-state index in [4.69, 9.17) is 4.74 Å². The maximum atomic E-state index is 12.1. The first-order valence-corrected chi connectivity index (χ1v) is 7.40. The predicted octanol–water partition coefficient (Wildman–Crippen LogP) is 3.95. The van der Waals surface area contributed by atoms with Crippen LogP contribution in [0.25, 0.3) is 0 Å². The molecular formula is C13H13BrN2O2S. The van der Waals surface area contributed by atoms with Gasteiger partial charge in [-0.15, -0.1) is 11.3 Å². The van der Waals surface area contributed by atoms with Gasteiger partial charge < -0.3 is 10.1 Å². The second kappa shape index (κ2) is 6.16. The number of anilines is 1. The minimum Gasteiger partial charge on any atom is -0.473 e. The van der Waals surface area contributed by atoms with E-state index in [1.165, 1.54) is 11.3 Å². The van der Waals surface area contributed by atoms with Gasteiger partial charge in [-0.05, 0) is 48.0 Å². The van der Waals surface area contributed by atoms with Gasteiger partial charge in [-0.1, -0.05) is 0 Å². The summed E-state index contributed by atoms with van der Waals surface area (Å²) in [4.78, 5) is 16.2. The highest BCUT2D eigenvalue weighted by Gasteiger charge is 2.12. The van der Waals surface area contributed by atoms with E-state index in [0.29, 0.717) is 17.1 Å². The molecule has 0 fully saturated rings. The van der Waals surface area contributed by atoms with Crippen LogP contribution < -0.4 is 10.1 Å². The van der Waals surface area contributed by atoms with E-state index < -0.39 is 0 Å². The minimum atomic E-state index is -0.177. The van der Waals surface area contributed by atoms with Crippen LogP contribution in [0.4, 0.5) is 5.69 Å². The number of nitrogens with zero attached hydrogens (tertiary/aromatic N) is 1. The number of halogens is 1. The Bertz CT molecular complexity index is 584. The fourth-order valence-corrected chi connectivity index (χ4v) is 2.56. The number of carbonyl (C=O) groups excluding carboxylic acids is 1. The van der Waals surface area contributed by atoms with Gasteiger partial charge in [0.2, 0.25) is 5.88 Å². The summed E-state index contributed by atoms with van der Waals surface area (Å²) in [7, 11) is 0. The van der Waals surface area contributed by atoms with Crippen molar-refractivity contribution in [1.82, 2.24) is 4.98 Å². The summed E-state index contributed by atoms with van der Waals surface area (Å²) in [5.41, 5.74) is 1.18. The molecule has 0 radical (unpaired) electrons. The van der Waals surface area contributed by atoms with Crippen LogP contribution >= 0.6 is 27.3 Å². The van der Waals surface area contributed by atoms with E-state index in [0.717, 1.165) is 3.79 Å². The number of ether oxygens (including phenoxy) is 1. The van der Waals surface area contributed by atoms with E-state index in [-0.39, 0.29) is 12.0 Å². The standard InChI is InChI=1S/C13H13BrN2O2S/c1-8(2)18-13-10(4-3-5-15-13)16-12(17)9-6-11(14)19-7-9/h3-8H,1-2H3,(H,16,17). The zero-order valence-corrected chi connectivity index (χ0v) is 12.9. The molecule has 2 aromatic heterocycles. The predicted molar refractivity (Wildman–Crippen MR) is 80.0 cm³/mol. The summed E-state index contributed by atoms with van der Waals surface area (Å²) in [5.74, 6) is 0.253. The number of hydrogen-bond acceptors (Lipinski definition) is 4. The normalized spacial score (nSPS) is 10.5. The second-order valence-corrected chi connectivity index (χ2v) is 6.41. The Hall–Kier alpha value is -1.40. The molecule has 0 aliphatic carbocycles. The summed E-state index contributed by atoms with van der Waals surface area (Å²) in [6.07, 6.45) is 1.63. The molecule has 100 valence electrons. The third-order valence-corrected chi connectivity index (χ3v) is 3.70. The lowest BCUT2D eigenvalue weighted by molar-refractivity contribution is 0.102. The molecule has 0 spiro atoms. The Morgan fingerprint density at radius 2 is 2.32 bits per heavy atom. The average molecular weight is 341 g/mol. The monoisotopic (exact) mass is 340 g/mol. The van der Waals surface area contributed by atoms with Crippen molar-refractivity contribution in [3.63, 3.8) is 0 Å². The van der Waals surface area contributed by atoms with Crippen molar-refractivity contribution >= 4 is 38.9 Å². The summed E-state index contributed by atoms with van der Waals surface area (Å²) < 4.78 is 6.47. The van der Waals surface area contributed by atoms with E-state index in [1.807, 2.05) is 13.8 Å². The molecular weight excluding hydrogens is 328 g/mol. The van der Waals surface area contributed by atoms with Crippen LogP contribution in [0.15, 0.2) is 33.6 Å². The highest BCUT2D eigenvalue weighted by Crippen LogP contribution is 2.25. The molecule has 0 unspecified atom stereocenters. The maximum absolute atomic E-state index is 12.1. The summed E-state index contributed by atoms with van der Waals surface area (Å²) in [6.45, 7) is 3.83. The zero-order valence-electron chi connectivity index (χ0n) is 10.5. The molecule has 4 nitrogen and oxygen atoms in total. The van der Waals surface area contributed by atoms with Gasteiger partial charge in [0.1, 0.15) is 5.69 Å². The van der Waals surface area contributed by atoms with Gasteiger partial charge in [0.15, 0.2) is 0 Å². The van der Waals surface area contributed by atoms with Crippen LogP contribution in [-0.4, -0.2) is 17.0 Å². The van der Waals surface area contributed by atoms with Crippen molar-refractivity contribution in [3.8, 4) is 5.88 Å². The number of carbonyl (C=O) groups is 1. The fraction of sp³-hybridized carbons (Fsp3) is 0.231. The molecule has 0 saturated heterocycles. The van der Waals surface area contributed by atoms with Crippen LogP contribution in [0.5, 0.6) is 5.88 Å². The van der Waals surface area contributed by atoms with Gasteiger partial charge in [-0.2, -0.15) is 0 Å².